The summed E-state index contributed by atoms with van der Waals surface area (Å²) in [5.74, 6) is 0.593. The van der Waals surface area contributed by atoms with E-state index in [1.165, 1.54) is 18.3 Å². The third-order valence-electron chi connectivity index (χ3n) is 6.75. The van der Waals surface area contributed by atoms with Crippen LogP contribution in [-0.2, 0) is 0 Å². The lowest BCUT2D eigenvalue weighted by Crippen LogP contribution is -2.17. The average Bonchev–Trinajstić information content (AvgIpc) is 3.70. The van der Waals surface area contributed by atoms with Gasteiger partial charge in [0.25, 0.3) is 11.6 Å². The summed E-state index contributed by atoms with van der Waals surface area (Å²) in [4.78, 5) is 23.2. The standard InChI is InChI=1S/C34H24N4O4/c39-34(36-35-23-30-19-22-33(42-30)26-11-17-29(18-12-26)38(40)41)27-13-15-28(16-14-27)37-31(24-7-3-1-4-8-24)20-21-32(37)25-9-5-2-6-10-25/h1-23H,(H,36,39)/b35-23-. The van der Waals surface area contributed by atoms with E-state index in [1.807, 2.05) is 48.5 Å². The quantitative estimate of drug-likeness (QED) is 0.118. The smallest absolute Gasteiger partial charge is 0.271 e. The van der Waals surface area contributed by atoms with Crippen LogP contribution in [0, 0.1) is 10.1 Å². The molecule has 4 aromatic carbocycles. The fourth-order valence-electron chi connectivity index (χ4n) is 4.69. The number of non-ortho nitro benzene ring substituents is 1. The molecule has 0 radical (unpaired) electrons. The molecule has 6 rings (SSSR count). The van der Waals surface area contributed by atoms with Crippen LogP contribution in [-0.4, -0.2) is 21.6 Å². The second-order valence-electron chi connectivity index (χ2n) is 9.42. The van der Waals surface area contributed by atoms with Gasteiger partial charge >= 0.3 is 0 Å². The first-order valence-corrected chi connectivity index (χ1v) is 13.2. The maximum absolute atomic E-state index is 12.8. The molecule has 0 spiro atoms. The maximum Gasteiger partial charge on any atom is 0.271 e. The highest BCUT2D eigenvalue weighted by Gasteiger charge is 2.14. The Labute approximate surface area is 241 Å². The van der Waals surface area contributed by atoms with Crippen molar-refractivity contribution < 1.29 is 14.1 Å². The predicted molar refractivity (Wildman–Crippen MR) is 162 cm³/mol. The number of hydrogen-bond acceptors (Lipinski definition) is 5. The van der Waals surface area contributed by atoms with Gasteiger partial charge in [-0.25, -0.2) is 5.43 Å². The zero-order chi connectivity index (χ0) is 28.9. The van der Waals surface area contributed by atoms with Crippen LogP contribution >= 0.6 is 0 Å². The summed E-state index contributed by atoms with van der Waals surface area (Å²) in [7, 11) is 0. The van der Waals surface area contributed by atoms with E-state index in [1.54, 1.807) is 36.4 Å². The Kier molecular flexibility index (Phi) is 7.25. The summed E-state index contributed by atoms with van der Waals surface area (Å²) in [6.07, 6.45) is 1.40. The molecule has 8 heteroatoms. The Morgan fingerprint density at radius 2 is 1.31 bits per heavy atom. The van der Waals surface area contributed by atoms with Crippen molar-refractivity contribution in [2.45, 2.75) is 0 Å². The second-order valence-corrected chi connectivity index (χ2v) is 9.42. The minimum atomic E-state index is -0.454. The lowest BCUT2D eigenvalue weighted by atomic mass is 10.1. The minimum Gasteiger partial charge on any atom is -0.455 e. The summed E-state index contributed by atoms with van der Waals surface area (Å²) in [5, 5.41) is 14.9. The molecular formula is C34H24N4O4. The van der Waals surface area contributed by atoms with Gasteiger partial charge in [-0.05, 0) is 71.8 Å². The van der Waals surface area contributed by atoms with Crippen LogP contribution < -0.4 is 5.43 Å². The van der Waals surface area contributed by atoms with Gasteiger partial charge < -0.3 is 8.98 Å². The SMILES string of the molecule is O=C(N/N=C\c1ccc(-c2ccc([N+](=O)[O-])cc2)o1)c1ccc(-n2c(-c3ccccc3)ccc2-c2ccccc2)cc1. The highest BCUT2D eigenvalue weighted by Crippen LogP contribution is 2.32. The zero-order valence-corrected chi connectivity index (χ0v) is 22.3. The van der Waals surface area contributed by atoms with Gasteiger partial charge in [0.05, 0.1) is 22.5 Å². The monoisotopic (exact) mass is 552 g/mol. The van der Waals surface area contributed by atoms with Gasteiger partial charge in [0.1, 0.15) is 11.5 Å². The van der Waals surface area contributed by atoms with Crippen molar-refractivity contribution in [2.24, 2.45) is 5.10 Å². The molecule has 42 heavy (non-hydrogen) atoms. The number of amides is 1. The van der Waals surface area contributed by atoms with Crippen LogP contribution in [0.2, 0.25) is 0 Å². The molecule has 2 aromatic heterocycles. The molecule has 0 aliphatic carbocycles. The van der Waals surface area contributed by atoms with E-state index in [0.717, 1.165) is 28.2 Å². The van der Waals surface area contributed by atoms with Crippen LogP contribution in [0.15, 0.2) is 143 Å². The number of benzene rings is 4. The lowest BCUT2D eigenvalue weighted by Gasteiger charge is -2.15. The Hall–Kier alpha value is -6.02. The normalized spacial score (nSPS) is 11.0. The number of nitro groups is 1. The molecule has 0 saturated carbocycles. The lowest BCUT2D eigenvalue weighted by molar-refractivity contribution is -0.384. The molecule has 0 unspecified atom stereocenters. The van der Waals surface area contributed by atoms with Gasteiger partial charge in [-0.1, -0.05) is 60.7 Å². The molecule has 0 aliphatic heterocycles. The summed E-state index contributed by atoms with van der Waals surface area (Å²) < 4.78 is 7.92. The number of hydrogen-bond donors (Lipinski definition) is 1. The zero-order valence-electron chi connectivity index (χ0n) is 22.3. The van der Waals surface area contributed by atoms with E-state index >= 15 is 0 Å². The van der Waals surface area contributed by atoms with Crippen LogP contribution in [0.3, 0.4) is 0 Å². The van der Waals surface area contributed by atoms with Crippen molar-refractivity contribution in [3.63, 3.8) is 0 Å². The summed E-state index contributed by atoms with van der Waals surface area (Å²) >= 11 is 0. The first kappa shape index (κ1) is 26.2. The fourth-order valence-corrected chi connectivity index (χ4v) is 4.69. The summed E-state index contributed by atoms with van der Waals surface area (Å²) in [6, 6.07) is 41.4. The van der Waals surface area contributed by atoms with Crippen LogP contribution in [0.1, 0.15) is 16.1 Å². The fraction of sp³-hybridized carbons (Fsp3) is 0. The van der Waals surface area contributed by atoms with Crippen LogP contribution in [0.4, 0.5) is 5.69 Å². The number of furan rings is 1. The van der Waals surface area contributed by atoms with Gasteiger partial charge in [-0.15, -0.1) is 0 Å². The number of carbonyl (C=O) groups is 1. The minimum absolute atomic E-state index is 0.00414. The van der Waals surface area contributed by atoms with Crippen molar-refractivity contribution in [3.05, 3.63) is 155 Å². The number of nitrogens with one attached hydrogen (secondary N) is 1. The van der Waals surface area contributed by atoms with Crippen molar-refractivity contribution >= 4 is 17.8 Å². The Morgan fingerprint density at radius 3 is 1.88 bits per heavy atom. The highest BCUT2D eigenvalue weighted by molar-refractivity contribution is 5.95. The third-order valence-corrected chi connectivity index (χ3v) is 6.75. The number of nitro benzene ring substituents is 1. The molecule has 1 N–H and O–H groups in total. The largest absolute Gasteiger partial charge is 0.455 e. The van der Waals surface area contributed by atoms with Crippen molar-refractivity contribution in [1.82, 2.24) is 9.99 Å². The van der Waals surface area contributed by atoms with Crippen molar-refractivity contribution in [1.29, 1.82) is 0 Å². The maximum atomic E-state index is 12.8. The van der Waals surface area contributed by atoms with Crippen LogP contribution in [0.5, 0.6) is 0 Å². The van der Waals surface area contributed by atoms with Gasteiger partial charge in [0, 0.05) is 28.9 Å². The average molecular weight is 553 g/mol. The number of hydrazone groups is 1. The van der Waals surface area contributed by atoms with Crippen LogP contribution in [0.25, 0.3) is 39.5 Å². The molecule has 204 valence electrons. The van der Waals surface area contributed by atoms with E-state index in [-0.39, 0.29) is 11.6 Å². The number of rotatable bonds is 8. The van der Waals surface area contributed by atoms with E-state index in [9.17, 15) is 14.9 Å². The number of carbonyl (C=O) groups excluding carboxylic acids is 1. The molecule has 8 nitrogen and oxygen atoms in total. The van der Waals surface area contributed by atoms with Gasteiger partial charge in [0.2, 0.25) is 0 Å². The molecule has 0 saturated heterocycles. The molecule has 2 heterocycles. The van der Waals surface area contributed by atoms with E-state index in [4.69, 9.17) is 4.42 Å². The van der Waals surface area contributed by atoms with Gasteiger partial charge in [0.15, 0.2) is 0 Å². The first-order chi connectivity index (χ1) is 20.6. The Morgan fingerprint density at radius 1 is 0.714 bits per heavy atom. The molecule has 0 fully saturated rings. The third kappa shape index (κ3) is 5.50. The molecule has 0 atom stereocenters. The van der Waals surface area contributed by atoms with Crippen molar-refractivity contribution in [2.75, 3.05) is 0 Å². The predicted octanol–water partition coefficient (Wildman–Crippen LogP) is 7.74. The van der Waals surface area contributed by atoms with E-state index in [0.29, 0.717) is 22.6 Å². The molecule has 0 bridgehead atoms. The Balaban J connectivity index is 1.18. The topological polar surface area (TPSA) is 103 Å². The highest BCUT2D eigenvalue weighted by atomic mass is 16.6. The van der Waals surface area contributed by atoms with Crippen molar-refractivity contribution in [3.8, 4) is 39.5 Å². The van der Waals surface area contributed by atoms with E-state index in [2.05, 4.69) is 51.5 Å². The van der Waals surface area contributed by atoms with Gasteiger partial charge in [-0.2, -0.15) is 5.10 Å². The summed E-state index contributed by atoms with van der Waals surface area (Å²) in [5.41, 5.74) is 8.87. The Bertz CT molecular complexity index is 1820. The summed E-state index contributed by atoms with van der Waals surface area (Å²) in [6.45, 7) is 0. The first-order valence-electron chi connectivity index (χ1n) is 13.2. The van der Waals surface area contributed by atoms with E-state index < -0.39 is 4.92 Å². The van der Waals surface area contributed by atoms with Gasteiger partial charge in [-0.3, -0.25) is 14.9 Å². The number of aromatic nitrogens is 1. The number of nitrogens with zero attached hydrogens (tertiary/aromatic N) is 3. The second kappa shape index (κ2) is 11.6. The molecule has 6 aromatic rings. The molecule has 0 aliphatic rings. The molecule has 1 amide bonds. The molecular weight excluding hydrogens is 528 g/mol.